The molecular formula is C23H23N3O3. The summed E-state index contributed by atoms with van der Waals surface area (Å²) in [4.78, 5) is 29.0. The van der Waals surface area contributed by atoms with Crippen LogP contribution in [0.1, 0.15) is 16.7 Å². The fourth-order valence-corrected chi connectivity index (χ4v) is 2.78. The van der Waals surface area contributed by atoms with Crippen LogP contribution in [-0.2, 0) is 29.1 Å². The summed E-state index contributed by atoms with van der Waals surface area (Å²) in [6, 6.07) is 21.8. The van der Waals surface area contributed by atoms with Gasteiger partial charge < -0.3 is 15.4 Å². The molecule has 0 aliphatic heterocycles. The van der Waals surface area contributed by atoms with Gasteiger partial charge in [0.05, 0.1) is 0 Å². The number of hydrogen-bond acceptors (Lipinski definition) is 4. The van der Waals surface area contributed by atoms with Crippen molar-refractivity contribution < 1.29 is 14.3 Å². The van der Waals surface area contributed by atoms with Crippen LogP contribution in [-0.4, -0.2) is 23.0 Å². The minimum atomic E-state index is -0.752. The van der Waals surface area contributed by atoms with Crippen molar-refractivity contribution in [1.82, 2.24) is 15.6 Å². The van der Waals surface area contributed by atoms with Gasteiger partial charge in [-0.25, -0.2) is 4.79 Å². The van der Waals surface area contributed by atoms with Crippen LogP contribution >= 0.6 is 0 Å². The number of rotatable bonds is 8. The second kappa shape index (κ2) is 10.6. The second-order valence-electron chi connectivity index (χ2n) is 6.53. The average Bonchev–Trinajstić information content (AvgIpc) is 2.78. The number of nitrogens with zero attached hydrogens (tertiary/aromatic N) is 1. The highest BCUT2D eigenvalue weighted by Crippen LogP contribution is 2.06. The van der Waals surface area contributed by atoms with Gasteiger partial charge in [-0.05, 0) is 22.8 Å². The number of aromatic nitrogens is 1. The van der Waals surface area contributed by atoms with Gasteiger partial charge in [-0.3, -0.25) is 9.78 Å². The smallest absolute Gasteiger partial charge is 0.408 e. The lowest BCUT2D eigenvalue weighted by molar-refractivity contribution is -0.123. The zero-order valence-electron chi connectivity index (χ0n) is 16.0. The van der Waals surface area contributed by atoms with Gasteiger partial charge in [-0.2, -0.15) is 0 Å². The van der Waals surface area contributed by atoms with Crippen molar-refractivity contribution in [2.75, 3.05) is 0 Å². The highest BCUT2D eigenvalue weighted by Gasteiger charge is 2.22. The maximum atomic E-state index is 12.7. The third kappa shape index (κ3) is 6.77. The van der Waals surface area contributed by atoms with Crippen molar-refractivity contribution in [3.8, 4) is 0 Å². The summed E-state index contributed by atoms with van der Waals surface area (Å²) in [6.45, 7) is 0.473. The monoisotopic (exact) mass is 389 g/mol. The molecule has 0 saturated carbocycles. The molecule has 0 radical (unpaired) electrons. The number of alkyl carbamates (subject to hydrolysis) is 1. The van der Waals surface area contributed by atoms with E-state index in [2.05, 4.69) is 15.6 Å². The standard InChI is InChI=1S/C23H23N3O3/c27-22(25-16-20-12-7-13-24-15-20)21(14-18-8-3-1-4-9-18)26-23(28)29-17-19-10-5-2-6-11-19/h1-13,15,21H,14,16-17H2,(H,25,27)(H,26,28)/t21-/m0/s1. The number of carbonyl (C=O) groups is 2. The molecule has 0 fully saturated rings. The molecule has 3 rings (SSSR count). The summed E-state index contributed by atoms with van der Waals surface area (Å²) in [6.07, 6.45) is 3.09. The first-order valence-corrected chi connectivity index (χ1v) is 9.38. The van der Waals surface area contributed by atoms with Gasteiger partial charge in [0.15, 0.2) is 0 Å². The molecule has 0 saturated heterocycles. The van der Waals surface area contributed by atoms with Gasteiger partial charge in [-0.1, -0.05) is 66.7 Å². The van der Waals surface area contributed by atoms with Crippen LogP contribution in [0.15, 0.2) is 85.2 Å². The molecule has 29 heavy (non-hydrogen) atoms. The van der Waals surface area contributed by atoms with Crippen LogP contribution in [0.2, 0.25) is 0 Å². The molecule has 3 aromatic rings. The molecule has 2 aromatic carbocycles. The molecule has 1 aromatic heterocycles. The van der Waals surface area contributed by atoms with Gasteiger partial charge in [0.1, 0.15) is 12.6 Å². The summed E-state index contributed by atoms with van der Waals surface area (Å²) < 4.78 is 5.27. The lowest BCUT2D eigenvalue weighted by Gasteiger charge is -2.18. The molecule has 0 aliphatic carbocycles. The molecule has 2 N–H and O–H groups in total. The molecule has 0 spiro atoms. The summed E-state index contributed by atoms with van der Waals surface area (Å²) in [5, 5.41) is 5.53. The fraction of sp³-hybridized carbons (Fsp3) is 0.174. The number of amides is 2. The average molecular weight is 389 g/mol. The number of benzene rings is 2. The van der Waals surface area contributed by atoms with Crippen LogP contribution in [0, 0.1) is 0 Å². The van der Waals surface area contributed by atoms with E-state index in [-0.39, 0.29) is 12.5 Å². The van der Waals surface area contributed by atoms with Crippen molar-refractivity contribution in [3.05, 3.63) is 102 Å². The molecule has 0 aliphatic rings. The van der Waals surface area contributed by atoms with E-state index in [0.717, 1.165) is 16.7 Å². The highest BCUT2D eigenvalue weighted by atomic mass is 16.5. The minimum absolute atomic E-state index is 0.141. The molecule has 148 valence electrons. The van der Waals surface area contributed by atoms with Crippen molar-refractivity contribution in [3.63, 3.8) is 0 Å². The number of hydrogen-bond donors (Lipinski definition) is 2. The normalized spacial score (nSPS) is 11.3. The Labute approximate surface area is 169 Å². The van der Waals surface area contributed by atoms with Crippen molar-refractivity contribution in [2.24, 2.45) is 0 Å². The summed E-state index contributed by atoms with van der Waals surface area (Å²) in [5.41, 5.74) is 2.70. The van der Waals surface area contributed by atoms with Crippen LogP contribution in [0.5, 0.6) is 0 Å². The van der Waals surface area contributed by atoms with E-state index in [1.807, 2.05) is 72.8 Å². The van der Waals surface area contributed by atoms with E-state index >= 15 is 0 Å². The zero-order valence-corrected chi connectivity index (χ0v) is 16.0. The molecule has 6 nitrogen and oxygen atoms in total. The Bertz CT molecular complexity index is 902. The van der Waals surface area contributed by atoms with E-state index in [1.165, 1.54) is 0 Å². The molecular weight excluding hydrogens is 366 g/mol. The predicted molar refractivity (Wildman–Crippen MR) is 110 cm³/mol. The zero-order chi connectivity index (χ0) is 20.3. The van der Waals surface area contributed by atoms with Crippen molar-refractivity contribution >= 4 is 12.0 Å². The van der Waals surface area contributed by atoms with Gasteiger partial charge in [0, 0.05) is 25.4 Å². The fourth-order valence-electron chi connectivity index (χ4n) is 2.78. The topological polar surface area (TPSA) is 80.3 Å². The number of pyridine rings is 1. The highest BCUT2D eigenvalue weighted by molar-refractivity contribution is 5.85. The number of nitrogens with one attached hydrogen (secondary N) is 2. The Balaban J connectivity index is 1.60. The summed E-state index contributed by atoms with van der Waals surface area (Å²) in [5.74, 6) is -0.283. The maximum Gasteiger partial charge on any atom is 0.408 e. The molecule has 2 amide bonds. The number of carbonyl (C=O) groups excluding carboxylic acids is 2. The first-order valence-electron chi connectivity index (χ1n) is 9.38. The lowest BCUT2D eigenvalue weighted by Crippen LogP contribution is -2.48. The maximum absolute atomic E-state index is 12.7. The Morgan fingerprint density at radius 1 is 0.862 bits per heavy atom. The summed E-state index contributed by atoms with van der Waals surface area (Å²) in [7, 11) is 0. The molecule has 0 unspecified atom stereocenters. The SMILES string of the molecule is O=C(N[C@@H](Cc1ccccc1)C(=O)NCc1cccnc1)OCc1ccccc1. The Hall–Kier alpha value is -3.67. The van der Waals surface area contributed by atoms with E-state index in [1.54, 1.807) is 12.4 Å². The second-order valence-corrected chi connectivity index (χ2v) is 6.53. The predicted octanol–water partition coefficient (Wildman–Crippen LogP) is 3.24. The van der Waals surface area contributed by atoms with Gasteiger partial charge in [0.25, 0.3) is 0 Å². The van der Waals surface area contributed by atoms with Crippen LogP contribution in [0.4, 0.5) is 4.79 Å². The third-order valence-electron chi connectivity index (χ3n) is 4.29. The van der Waals surface area contributed by atoms with Gasteiger partial charge in [0.2, 0.25) is 5.91 Å². The van der Waals surface area contributed by atoms with Crippen molar-refractivity contribution in [1.29, 1.82) is 0 Å². The van der Waals surface area contributed by atoms with Crippen molar-refractivity contribution in [2.45, 2.75) is 25.6 Å². The molecule has 6 heteroatoms. The first kappa shape index (κ1) is 20.1. The van der Waals surface area contributed by atoms with E-state index in [4.69, 9.17) is 4.74 Å². The summed E-state index contributed by atoms with van der Waals surface area (Å²) >= 11 is 0. The molecule has 1 heterocycles. The van der Waals surface area contributed by atoms with Gasteiger partial charge in [-0.15, -0.1) is 0 Å². The third-order valence-corrected chi connectivity index (χ3v) is 4.29. The van der Waals surface area contributed by atoms with Crippen LogP contribution < -0.4 is 10.6 Å². The molecule has 1 atom stereocenters. The Kier molecular flexibility index (Phi) is 7.34. The van der Waals surface area contributed by atoms with E-state index < -0.39 is 12.1 Å². The largest absolute Gasteiger partial charge is 0.445 e. The molecule has 0 bridgehead atoms. The lowest BCUT2D eigenvalue weighted by atomic mass is 10.1. The van der Waals surface area contributed by atoms with E-state index in [9.17, 15) is 9.59 Å². The van der Waals surface area contributed by atoms with E-state index in [0.29, 0.717) is 13.0 Å². The minimum Gasteiger partial charge on any atom is -0.445 e. The van der Waals surface area contributed by atoms with Crippen LogP contribution in [0.25, 0.3) is 0 Å². The Morgan fingerprint density at radius 3 is 2.17 bits per heavy atom. The van der Waals surface area contributed by atoms with Gasteiger partial charge >= 0.3 is 6.09 Å². The number of ether oxygens (including phenoxy) is 1. The quantitative estimate of drug-likeness (QED) is 0.620. The Morgan fingerprint density at radius 2 is 1.52 bits per heavy atom. The first-order chi connectivity index (χ1) is 14.2. The van der Waals surface area contributed by atoms with Crippen LogP contribution in [0.3, 0.4) is 0 Å².